The molecule has 1 amide bonds. The molecule has 0 saturated carbocycles. The highest BCUT2D eigenvalue weighted by Crippen LogP contribution is 2.30. The molecule has 0 aliphatic heterocycles. The maximum absolute atomic E-state index is 12.4. The van der Waals surface area contributed by atoms with Gasteiger partial charge in [0, 0.05) is 28.0 Å². The van der Waals surface area contributed by atoms with Gasteiger partial charge in [-0.1, -0.05) is 29.8 Å². The highest BCUT2D eigenvalue weighted by atomic mass is 35.5. The maximum atomic E-state index is 12.4. The van der Waals surface area contributed by atoms with E-state index in [0.29, 0.717) is 28.3 Å². The van der Waals surface area contributed by atoms with Gasteiger partial charge in [-0.2, -0.15) is 10.4 Å². The van der Waals surface area contributed by atoms with Crippen LogP contribution in [0.25, 0.3) is 11.1 Å². The van der Waals surface area contributed by atoms with Gasteiger partial charge in [-0.25, -0.2) is 13.6 Å². The Morgan fingerprint density at radius 1 is 1.47 bits per heavy atom. The van der Waals surface area contributed by atoms with Crippen molar-refractivity contribution in [2.24, 2.45) is 5.14 Å². The molecule has 1 aliphatic rings. The van der Waals surface area contributed by atoms with E-state index < -0.39 is 16.1 Å². The van der Waals surface area contributed by atoms with Crippen LogP contribution in [0.1, 0.15) is 32.2 Å². The lowest BCUT2D eigenvalue weighted by Gasteiger charge is -2.13. The smallest absolute Gasteiger partial charge is 0.238 e. The Labute approximate surface area is 179 Å². The number of allylic oxidation sites excluding steroid dienone is 3. The monoisotopic (exact) mass is 445 g/mol. The zero-order valence-electron chi connectivity index (χ0n) is 16.2. The van der Waals surface area contributed by atoms with Gasteiger partial charge in [0.25, 0.3) is 0 Å². The number of benzene rings is 1. The molecule has 0 bridgehead atoms. The molecular formula is C20H20ClN5O3S. The van der Waals surface area contributed by atoms with Crippen LogP contribution in [-0.2, 0) is 14.8 Å². The Hall–Kier alpha value is -2.93. The number of carbonyl (C=O) groups excluding carboxylic acids is 1. The Bertz CT molecular complexity index is 1190. The SMILES string of the molecule is CC(C#N)n1cc(-c2ccc(NC(=O)CC3=C(Cl)CCC=C3)cc2S(N)(=O)=O)cn1. The number of hydrogen-bond acceptors (Lipinski definition) is 5. The molecule has 156 valence electrons. The maximum Gasteiger partial charge on any atom is 0.238 e. The molecule has 0 spiro atoms. The molecule has 10 heteroatoms. The summed E-state index contributed by atoms with van der Waals surface area (Å²) >= 11 is 6.16. The summed E-state index contributed by atoms with van der Waals surface area (Å²) in [5.74, 6) is -0.321. The number of rotatable bonds is 6. The second kappa shape index (κ2) is 8.83. The van der Waals surface area contributed by atoms with E-state index in [9.17, 15) is 13.2 Å². The van der Waals surface area contributed by atoms with Gasteiger partial charge in [-0.15, -0.1) is 0 Å². The minimum Gasteiger partial charge on any atom is -0.326 e. The van der Waals surface area contributed by atoms with Gasteiger partial charge in [-0.3, -0.25) is 9.48 Å². The summed E-state index contributed by atoms with van der Waals surface area (Å²) in [5, 5.41) is 21.9. The van der Waals surface area contributed by atoms with Crippen molar-refractivity contribution in [1.82, 2.24) is 9.78 Å². The molecule has 1 unspecified atom stereocenters. The quantitative estimate of drug-likeness (QED) is 0.702. The minimum absolute atomic E-state index is 0.0839. The predicted molar refractivity (Wildman–Crippen MR) is 114 cm³/mol. The summed E-state index contributed by atoms with van der Waals surface area (Å²) in [6.45, 7) is 1.67. The van der Waals surface area contributed by atoms with E-state index in [4.69, 9.17) is 22.0 Å². The first-order valence-corrected chi connectivity index (χ1v) is 11.1. The van der Waals surface area contributed by atoms with E-state index in [1.165, 1.54) is 16.9 Å². The highest BCUT2D eigenvalue weighted by molar-refractivity contribution is 7.89. The number of halogens is 1. The molecule has 8 nitrogen and oxygen atoms in total. The summed E-state index contributed by atoms with van der Waals surface area (Å²) in [6.07, 6.45) is 8.43. The topological polar surface area (TPSA) is 131 Å². The van der Waals surface area contributed by atoms with Gasteiger partial charge in [-0.05, 0) is 37.5 Å². The highest BCUT2D eigenvalue weighted by Gasteiger charge is 2.19. The lowest BCUT2D eigenvalue weighted by atomic mass is 10.0. The normalized spacial score (nSPS) is 15.0. The number of amides is 1. The fourth-order valence-electron chi connectivity index (χ4n) is 3.04. The van der Waals surface area contributed by atoms with Crippen LogP contribution >= 0.6 is 11.6 Å². The molecule has 1 atom stereocenters. The van der Waals surface area contributed by atoms with Crippen LogP contribution in [0.2, 0.25) is 0 Å². The Kier molecular flexibility index (Phi) is 6.41. The van der Waals surface area contributed by atoms with Crippen LogP contribution < -0.4 is 10.5 Å². The number of hydrogen-bond donors (Lipinski definition) is 2. The molecule has 1 heterocycles. The van der Waals surface area contributed by atoms with E-state index in [0.717, 1.165) is 12.0 Å². The average molecular weight is 446 g/mol. The first-order valence-electron chi connectivity index (χ1n) is 9.14. The van der Waals surface area contributed by atoms with Gasteiger partial charge in [0.15, 0.2) is 0 Å². The van der Waals surface area contributed by atoms with Crippen molar-refractivity contribution in [3.63, 3.8) is 0 Å². The Balaban J connectivity index is 1.88. The lowest BCUT2D eigenvalue weighted by molar-refractivity contribution is -0.115. The summed E-state index contributed by atoms with van der Waals surface area (Å²) in [7, 11) is -4.09. The Morgan fingerprint density at radius 2 is 2.23 bits per heavy atom. The van der Waals surface area contributed by atoms with E-state index in [2.05, 4.69) is 16.5 Å². The summed E-state index contributed by atoms with van der Waals surface area (Å²) < 4.78 is 25.8. The molecule has 0 saturated heterocycles. The molecular weight excluding hydrogens is 426 g/mol. The second-order valence-corrected chi connectivity index (χ2v) is 8.85. The number of carbonyl (C=O) groups is 1. The summed E-state index contributed by atoms with van der Waals surface area (Å²) in [4.78, 5) is 12.2. The summed E-state index contributed by atoms with van der Waals surface area (Å²) in [5.41, 5.74) is 1.85. The molecule has 1 aliphatic carbocycles. The second-order valence-electron chi connectivity index (χ2n) is 6.87. The van der Waals surface area contributed by atoms with Crippen LogP contribution in [0.3, 0.4) is 0 Å². The zero-order valence-corrected chi connectivity index (χ0v) is 17.7. The third kappa shape index (κ3) is 4.97. The van der Waals surface area contributed by atoms with Gasteiger partial charge in [0.2, 0.25) is 15.9 Å². The van der Waals surface area contributed by atoms with Crippen LogP contribution in [0.4, 0.5) is 5.69 Å². The van der Waals surface area contributed by atoms with Gasteiger partial charge < -0.3 is 5.32 Å². The number of aromatic nitrogens is 2. The lowest BCUT2D eigenvalue weighted by Crippen LogP contribution is -2.16. The number of primary sulfonamides is 1. The number of nitriles is 1. The third-order valence-corrected chi connectivity index (χ3v) is 6.00. The van der Waals surface area contributed by atoms with Crippen LogP contribution in [0, 0.1) is 11.3 Å². The molecule has 3 rings (SSSR count). The van der Waals surface area contributed by atoms with Crippen LogP contribution in [0.15, 0.2) is 58.2 Å². The van der Waals surface area contributed by atoms with Gasteiger partial charge in [0.1, 0.15) is 6.04 Å². The largest absolute Gasteiger partial charge is 0.326 e. The fourth-order valence-corrected chi connectivity index (χ4v) is 4.06. The molecule has 2 aromatic rings. The van der Waals surface area contributed by atoms with Gasteiger partial charge in [0.05, 0.1) is 23.6 Å². The van der Waals surface area contributed by atoms with Gasteiger partial charge >= 0.3 is 0 Å². The average Bonchev–Trinajstić information content (AvgIpc) is 3.18. The molecule has 0 fully saturated rings. The minimum atomic E-state index is -4.09. The van der Waals surface area contributed by atoms with Crippen LogP contribution in [0.5, 0.6) is 0 Å². The van der Waals surface area contributed by atoms with Crippen molar-refractivity contribution in [3.05, 3.63) is 53.4 Å². The predicted octanol–water partition coefficient (Wildman–Crippen LogP) is 3.45. The number of sulfonamides is 1. The standard InChI is InChI=1S/C20H20ClN5O3S/c1-13(10-22)26-12-15(11-24-26)17-7-6-16(9-19(17)30(23,28)29)25-20(27)8-14-4-2-3-5-18(14)21/h2,4,6-7,9,11-13H,3,5,8H2,1H3,(H,25,27)(H2,23,28,29). The number of nitrogens with two attached hydrogens (primary N) is 1. The van der Waals surface area contributed by atoms with E-state index >= 15 is 0 Å². The molecule has 3 N–H and O–H groups in total. The number of nitrogens with zero attached hydrogens (tertiary/aromatic N) is 3. The van der Waals surface area contributed by atoms with E-state index in [1.807, 2.05) is 12.2 Å². The summed E-state index contributed by atoms with van der Waals surface area (Å²) in [6, 6.07) is 5.97. The van der Waals surface area contributed by atoms with E-state index in [-0.39, 0.29) is 17.2 Å². The Morgan fingerprint density at radius 3 is 2.90 bits per heavy atom. The third-order valence-electron chi connectivity index (χ3n) is 4.62. The van der Waals surface area contributed by atoms with Crippen molar-refractivity contribution < 1.29 is 13.2 Å². The van der Waals surface area contributed by atoms with Crippen molar-refractivity contribution in [1.29, 1.82) is 5.26 Å². The molecule has 1 aromatic carbocycles. The fraction of sp³-hybridized carbons (Fsp3) is 0.250. The van der Waals surface area contributed by atoms with Crippen LogP contribution in [-0.4, -0.2) is 24.1 Å². The zero-order chi connectivity index (χ0) is 21.9. The van der Waals surface area contributed by atoms with Crippen molar-refractivity contribution in [2.45, 2.75) is 37.1 Å². The number of anilines is 1. The first kappa shape index (κ1) is 21.8. The van der Waals surface area contributed by atoms with Crippen molar-refractivity contribution in [3.8, 4) is 17.2 Å². The van der Waals surface area contributed by atoms with Crippen molar-refractivity contribution in [2.75, 3.05) is 5.32 Å². The van der Waals surface area contributed by atoms with Crippen molar-refractivity contribution >= 4 is 33.2 Å². The molecule has 30 heavy (non-hydrogen) atoms. The number of nitrogens with one attached hydrogen (secondary N) is 1. The molecule has 0 radical (unpaired) electrons. The molecule has 1 aromatic heterocycles. The van der Waals surface area contributed by atoms with E-state index in [1.54, 1.807) is 25.3 Å². The first-order chi connectivity index (χ1) is 14.2.